The Morgan fingerprint density at radius 3 is 2.45 bits per heavy atom. The van der Waals surface area contributed by atoms with Crippen LogP contribution in [-0.2, 0) is 0 Å². The van der Waals surface area contributed by atoms with Crippen LogP contribution in [0, 0.1) is 12.3 Å². The first-order chi connectivity index (χ1) is 9.63. The van der Waals surface area contributed by atoms with E-state index >= 15 is 0 Å². The molecule has 1 fully saturated rings. The SMILES string of the molecule is C#CCOc1ccc(C(=O)N2[C@@H](C)CCC[C@@H]2C)cc1. The first-order valence-electron chi connectivity index (χ1n) is 7.12. The van der Waals surface area contributed by atoms with Gasteiger partial charge in [0.25, 0.3) is 5.91 Å². The molecule has 1 saturated heterocycles. The number of nitrogens with zero attached hydrogens (tertiary/aromatic N) is 1. The highest BCUT2D eigenvalue weighted by Gasteiger charge is 2.29. The van der Waals surface area contributed by atoms with E-state index in [0.717, 1.165) is 12.8 Å². The van der Waals surface area contributed by atoms with Crippen LogP contribution in [0.4, 0.5) is 0 Å². The van der Waals surface area contributed by atoms with E-state index in [1.807, 2.05) is 17.0 Å². The number of amides is 1. The number of likely N-dealkylation sites (tertiary alicyclic amines) is 1. The van der Waals surface area contributed by atoms with Gasteiger partial charge in [-0.25, -0.2) is 0 Å². The first-order valence-corrected chi connectivity index (χ1v) is 7.12. The maximum atomic E-state index is 12.6. The van der Waals surface area contributed by atoms with Crippen LogP contribution in [0.1, 0.15) is 43.5 Å². The van der Waals surface area contributed by atoms with Crippen LogP contribution in [0.15, 0.2) is 24.3 Å². The second-order valence-electron chi connectivity index (χ2n) is 5.36. The fraction of sp³-hybridized carbons (Fsp3) is 0.471. The maximum Gasteiger partial charge on any atom is 0.254 e. The Hall–Kier alpha value is -1.95. The third-order valence-electron chi connectivity index (χ3n) is 3.85. The summed E-state index contributed by atoms with van der Waals surface area (Å²) < 4.78 is 5.32. The molecule has 0 aliphatic carbocycles. The molecule has 0 unspecified atom stereocenters. The highest BCUT2D eigenvalue weighted by Crippen LogP contribution is 2.25. The minimum atomic E-state index is 0.105. The first kappa shape index (κ1) is 14.5. The molecule has 0 aromatic heterocycles. The topological polar surface area (TPSA) is 29.5 Å². The average Bonchev–Trinajstić information content (AvgIpc) is 2.45. The lowest BCUT2D eigenvalue weighted by Crippen LogP contribution is -2.47. The van der Waals surface area contributed by atoms with Gasteiger partial charge in [0.2, 0.25) is 0 Å². The smallest absolute Gasteiger partial charge is 0.254 e. The molecular weight excluding hydrogens is 250 g/mol. The molecular formula is C17H21NO2. The third kappa shape index (κ3) is 3.14. The van der Waals surface area contributed by atoms with Gasteiger partial charge in [-0.3, -0.25) is 4.79 Å². The monoisotopic (exact) mass is 271 g/mol. The van der Waals surface area contributed by atoms with E-state index in [1.165, 1.54) is 6.42 Å². The van der Waals surface area contributed by atoms with Crippen LogP contribution in [0.25, 0.3) is 0 Å². The zero-order valence-electron chi connectivity index (χ0n) is 12.1. The molecule has 1 heterocycles. The van der Waals surface area contributed by atoms with Crippen molar-refractivity contribution < 1.29 is 9.53 Å². The lowest BCUT2D eigenvalue weighted by Gasteiger charge is -2.39. The fourth-order valence-corrected chi connectivity index (χ4v) is 2.79. The molecule has 3 nitrogen and oxygen atoms in total. The molecule has 1 aromatic rings. The number of carbonyl (C=O) groups is 1. The fourth-order valence-electron chi connectivity index (χ4n) is 2.79. The zero-order chi connectivity index (χ0) is 14.5. The zero-order valence-corrected chi connectivity index (χ0v) is 12.1. The van der Waals surface area contributed by atoms with Gasteiger partial charge in [-0.05, 0) is 57.4 Å². The quantitative estimate of drug-likeness (QED) is 0.791. The summed E-state index contributed by atoms with van der Waals surface area (Å²) in [6.07, 6.45) is 8.51. The van der Waals surface area contributed by atoms with Crippen molar-refractivity contribution >= 4 is 5.91 Å². The predicted octanol–water partition coefficient (Wildman–Crippen LogP) is 3.10. The van der Waals surface area contributed by atoms with E-state index in [4.69, 9.17) is 11.2 Å². The van der Waals surface area contributed by atoms with Gasteiger partial charge in [-0.1, -0.05) is 5.92 Å². The second-order valence-corrected chi connectivity index (χ2v) is 5.36. The van der Waals surface area contributed by atoms with Crippen LogP contribution >= 0.6 is 0 Å². The van der Waals surface area contributed by atoms with E-state index in [9.17, 15) is 4.79 Å². The molecule has 1 aromatic carbocycles. The molecule has 0 bridgehead atoms. The summed E-state index contributed by atoms with van der Waals surface area (Å²) in [6, 6.07) is 7.82. The molecule has 1 aliphatic heterocycles. The summed E-state index contributed by atoms with van der Waals surface area (Å²) in [5.41, 5.74) is 0.707. The van der Waals surface area contributed by atoms with Crippen molar-refractivity contribution in [1.82, 2.24) is 4.90 Å². The summed E-state index contributed by atoms with van der Waals surface area (Å²) in [5, 5.41) is 0. The molecule has 106 valence electrons. The van der Waals surface area contributed by atoms with Gasteiger partial charge in [0, 0.05) is 17.6 Å². The maximum absolute atomic E-state index is 12.6. The Labute approximate surface area is 120 Å². The molecule has 0 saturated carbocycles. The van der Waals surface area contributed by atoms with Gasteiger partial charge in [0.05, 0.1) is 0 Å². The van der Waals surface area contributed by atoms with Gasteiger partial charge in [0.15, 0.2) is 0 Å². The molecule has 2 atom stereocenters. The van der Waals surface area contributed by atoms with E-state index in [2.05, 4.69) is 19.8 Å². The Bertz CT molecular complexity index is 491. The van der Waals surface area contributed by atoms with Gasteiger partial charge >= 0.3 is 0 Å². The summed E-state index contributed by atoms with van der Waals surface area (Å²) in [5.74, 6) is 3.22. The van der Waals surface area contributed by atoms with Crippen LogP contribution < -0.4 is 4.74 Å². The van der Waals surface area contributed by atoms with E-state index in [1.54, 1.807) is 12.1 Å². The molecule has 1 amide bonds. The molecule has 0 radical (unpaired) electrons. The molecule has 0 N–H and O–H groups in total. The Kier molecular flexibility index (Phi) is 4.68. The Morgan fingerprint density at radius 1 is 1.30 bits per heavy atom. The standard InChI is InChI=1S/C17H21NO2/c1-4-12-20-16-10-8-15(9-11-16)17(19)18-13(2)6-5-7-14(18)3/h1,8-11,13-14H,5-7,12H2,2-3H3/t13-,14-/m0/s1. The largest absolute Gasteiger partial charge is 0.481 e. The normalized spacial score (nSPS) is 22.1. The number of hydrogen-bond acceptors (Lipinski definition) is 2. The van der Waals surface area contributed by atoms with Gasteiger partial charge < -0.3 is 9.64 Å². The summed E-state index contributed by atoms with van der Waals surface area (Å²) >= 11 is 0. The molecule has 3 heteroatoms. The number of benzene rings is 1. The highest BCUT2D eigenvalue weighted by molar-refractivity contribution is 5.94. The number of piperidine rings is 1. The lowest BCUT2D eigenvalue weighted by atomic mass is 9.96. The van der Waals surface area contributed by atoms with Crippen LogP contribution in [0.3, 0.4) is 0 Å². The van der Waals surface area contributed by atoms with E-state index in [-0.39, 0.29) is 12.5 Å². The van der Waals surface area contributed by atoms with Crippen molar-refractivity contribution in [1.29, 1.82) is 0 Å². The molecule has 0 spiro atoms. The van der Waals surface area contributed by atoms with Gasteiger partial charge in [-0.2, -0.15) is 0 Å². The Balaban J connectivity index is 2.10. The molecule has 20 heavy (non-hydrogen) atoms. The number of ether oxygens (including phenoxy) is 1. The summed E-state index contributed by atoms with van der Waals surface area (Å²) in [4.78, 5) is 14.6. The number of carbonyl (C=O) groups excluding carboxylic acids is 1. The number of rotatable bonds is 3. The minimum Gasteiger partial charge on any atom is -0.481 e. The predicted molar refractivity (Wildman–Crippen MR) is 79.7 cm³/mol. The number of terminal acetylenes is 1. The van der Waals surface area contributed by atoms with Gasteiger partial charge in [-0.15, -0.1) is 6.42 Å². The van der Waals surface area contributed by atoms with Crippen molar-refractivity contribution in [2.45, 2.75) is 45.2 Å². The highest BCUT2D eigenvalue weighted by atomic mass is 16.5. The number of hydrogen-bond donors (Lipinski definition) is 0. The molecule has 1 aliphatic rings. The van der Waals surface area contributed by atoms with Gasteiger partial charge in [0.1, 0.15) is 12.4 Å². The van der Waals surface area contributed by atoms with Crippen LogP contribution in [0.5, 0.6) is 5.75 Å². The minimum absolute atomic E-state index is 0.105. The van der Waals surface area contributed by atoms with Crippen molar-refractivity contribution in [3.63, 3.8) is 0 Å². The van der Waals surface area contributed by atoms with Crippen LogP contribution in [0.2, 0.25) is 0 Å². The lowest BCUT2D eigenvalue weighted by molar-refractivity contribution is 0.0511. The second kappa shape index (κ2) is 6.47. The summed E-state index contributed by atoms with van der Waals surface area (Å²) in [7, 11) is 0. The van der Waals surface area contributed by atoms with Crippen molar-refractivity contribution in [3.8, 4) is 18.1 Å². The third-order valence-corrected chi connectivity index (χ3v) is 3.85. The van der Waals surface area contributed by atoms with Crippen molar-refractivity contribution in [2.24, 2.45) is 0 Å². The average molecular weight is 271 g/mol. The Morgan fingerprint density at radius 2 is 1.90 bits per heavy atom. The van der Waals surface area contributed by atoms with Crippen LogP contribution in [-0.4, -0.2) is 29.5 Å². The van der Waals surface area contributed by atoms with Crippen molar-refractivity contribution in [3.05, 3.63) is 29.8 Å². The molecule has 2 rings (SSSR count). The van der Waals surface area contributed by atoms with Crippen molar-refractivity contribution in [2.75, 3.05) is 6.61 Å². The summed E-state index contributed by atoms with van der Waals surface area (Å²) in [6.45, 7) is 4.49. The van der Waals surface area contributed by atoms with E-state index in [0.29, 0.717) is 23.4 Å². The van der Waals surface area contributed by atoms with E-state index < -0.39 is 0 Å².